The van der Waals surface area contributed by atoms with Crippen LogP contribution < -0.4 is 4.90 Å². The van der Waals surface area contributed by atoms with Crippen LogP contribution in [0.15, 0.2) is 72.3 Å². The molecule has 1 unspecified atom stereocenters. The fraction of sp³-hybridized carbons (Fsp3) is 0.286. The van der Waals surface area contributed by atoms with Crippen LogP contribution in [0, 0.1) is 0 Å². The van der Waals surface area contributed by atoms with Crippen molar-refractivity contribution in [3.63, 3.8) is 0 Å². The van der Waals surface area contributed by atoms with Gasteiger partial charge in [-0.3, -0.25) is 9.59 Å². The zero-order chi connectivity index (χ0) is 24.2. The Kier molecular flexibility index (Phi) is 6.98. The fourth-order valence-electron chi connectivity index (χ4n) is 4.60. The predicted octanol–water partition coefficient (Wildman–Crippen LogP) is 4.75. The van der Waals surface area contributed by atoms with Crippen molar-refractivity contribution < 1.29 is 19.4 Å². The summed E-state index contributed by atoms with van der Waals surface area (Å²) < 4.78 is 5.19. The quantitative estimate of drug-likeness (QED) is 0.300. The average molecular weight is 459 g/mol. The number of amides is 1. The third kappa shape index (κ3) is 4.29. The number of ketones is 1. The van der Waals surface area contributed by atoms with E-state index in [1.165, 1.54) is 4.90 Å². The third-order valence-corrected chi connectivity index (χ3v) is 6.44. The summed E-state index contributed by atoms with van der Waals surface area (Å²) in [4.78, 5) is 29.9. The number of aliphatic hydroxyl groups is 1. The van der Waals surface area contributed by atoms with Crippen LogP contribution in [-0.4, -0.2) is 55.0 Å². The van der Waals surface area contributed by atoms with Crippen LogP contribution in [-0.2, 0) is 14.3 Å². The van der Waals surface area contributed by atoms with E-state index in [4.69, 9.17) is 4.74 Å². The molecular formula is C28H30N2O4. The highest BCUT2D eigenvalue weighted by Gasteiger charge is 2.45. The summed E-state index contributed by atoms with van der Waals surface area (Å²) in [6.45, 7) is 6.49. The maximum Gasteiger partial charge on any atom is 0.295 e. The predicted molar refractivity (Wildman–Crippen MR) is 135 cm³/mol. The van der Waals surface area contributed by atoms with Gasteiger partial charge in [-0.15, -0.1) is 0 Å². The van der Waals surface area contributed by atoms with Gasteiger partial charge in [0.1, 0.15) is 5.76 Å². The van der Waals surface area contributed by atoms with E-state index in [-0.39, 0.29) is 24.5 Å². The summed E-state index contributed by atoms with van der Waals surface area (Å²) in [5.41, 5.74) is 2.45. The Hall–Kier alpha value is -3.64. The third-order valence-electron chi connectivity index (χ3n) is 6.44. The maximum atomic E-state index is 13.2. The Balaban J connectivity index is 1.82. The first kappa shape index (κ1) is 23.5. The second-order valence-electron chi connectivity index (χ2n) is 8.31. The number of rotatable bonds is 8. The van der Waals surface area contributed by atoms with Gasteiger partial charge in [0.15, 0.2) is 0 Å². The summed E-state index contributed by atoms with van der Waals surface area (Å²) in [7, 11) is 1.56. The molecule has 1 aliphatic rings. The maximum absolute atomic E-state index is 13.2. The van der Waals surface area contributed by atoms with E-state index in [9.17, 15) is 14.7 Å². The monoisotopic (exact) mass is 458 g/mol. The summed E-state index contributed by atoms with van der Waals surface area (Å²) in [6.07, 6.45) is 0. The van der Waals surface area contributed by atoms with Gasteiger partial charge < -0.3 is 19.6 Å². The van der Waals surface area contributed by atoms with Gasteiger partial charge in [-0.2, -0.15) is 0 Å². The first-order valence-corrected chi connectivity index (χ1v) is 11.6. The number of carbonyl (C=O) groups excluding carboxylic acids is 2. The molecule has 6 nitrogen and oxygen atoms in total. The van der Waals surface area contributed by atoms with Crippen LogP contribution in [0.4, 0.5) is 5.69 Å². The molecule has 0 radical (unpaired) electrons. The van der Waals surface area contributed by atoms with Crippen LogP contribution in [0.25, 0.3) is 16.5 Å². The average Bonchev–Trinajstić information content (AvgIpc) is 3.12. The molecule has 176 valence electrons. The van der Waals surface area contributed by atoms with Crippen molar-refractivity contribution in [2.45, 2.75) is 19.9 Å². The molecule has 1 heterocycles. The number of likely N-dealkylation sites (tertiary alicyclic amines) is 1. The molecule has 1 atom stereocenters. The number of Topliss-reactive ketones (excluding diaryl/α,β-unsaturated/α-hetero) is 1. The Morgan fingerprint density at radius 2 is 1.65 bits per heavy atom. The molecular weight excluding hydrogens is 428 g/mol. The van der Waals surface area contributed by atoms with Gasteiger partial charge in [0.2, 0.25) is 0 Å². The van der Waals surface area contributed by atoms with E-state index < -0.39 is 17.7 Å². The number of fused-ring (bicyclic) bond motifs is 1. The first-order valence-electron chi connectivity index (χ1n) is 11.6. The van der Waals surface area contributed by atoms with Crippen molar-refractivity contribution in [1.29, 1.82) is 0 Å². The zero-order valence-electron chi connectivity index (χ0n) is 19.8. The molecule has 3 aromatic carbocycles. The molecule has 0 spiro atoms. The Bertz CT molecular complexity index is 1230. The minimum absolute atomic E-state index is 0.104. The Morgan fingerprint density at radius 1 is 0.971 bits per heavy atom. The molecule has 1 aliphatic heterocycles. The summed E-state index contributed by atoms with van der Waals surface area (Å²) in [6, 6.07) is 20.5. The van der Waals surface area contributed by atoms with Gasteiger partial charge >= 0.3 is 0 Å². The molecule has 4 rings (SSSR count). The Morgan fingerprint density at radius 3 is 2.29 bits per heavy atom. The molecule has 34 heavy (non-hydrogen) atoms. The lowest BCUT2D eigenvalue weighted by Gasteiger charge is -2.26. The summed E-state index contributed by atoms with van der Waals surface area (Å²) >= 11 is 0. The van der Waals surface area contributed by atoms with E-state index in [1.54, 1.807) is 13.2 Å². The van der Waals surface area contributed by atoms with Gasteiger partial charge in [0, 0.05) is 38.0 Å². The standard InChI is InChI=1S/C28H30N2O4/c1-4-29(5-2)23-14-12-20(13-15-23)25-24(27(32)28(33)30(25)16-17-34-3)26(31)22-11-10-19-8-6-7-9-21(19)18-22/h6-15,18,25,31H,4-5,16-17H2,1-3H3/b26-24-. The van der Waals surface area contributed by atoms with Crippen LogP contribution in [0.5, 0.6) is 0 Å². The molecule has 1 N–H and O–H groups in total. The largest absolute Gasteiger partial charge is 0.507 e. The molecule has 6 heteroatoms. The molecule has 0 bridgehead atoms. The molecule has 1 amide bonds. The molecule has 1 saturated heterocycles. The molecule has 0 saturated carbocycles. The summed E-state index contributed by atoms with van der Waals surface area (Å²) in [5.74, 6) is -1.47. The van der Waals surface area contributed by atoms with Crippen molar-refractivity contribution in [1.82, 2.24) is 4.90 Å². The smallest absolute Gasteiger partial charge is 0.295 e. The molecule has 0 aliphatic carbocycles. The van der Waals surface area contributed by atoms with Crippen molar-refractivity contribution in [3.05, 3.63) is 83.4 Å². The van der Waals surface area contributed by atoms with Crippen LogP contribution in [0.2, 0.25) is 0 Å². The number of carbonyl (C=O) groups is 2. The first-order chi connectivity index (χ1) is 16.5. The summed E-state index contributed by atoms with van der Waals surface area (Å²) in [5, 5.41) is 13.3. The minimum atomic E-state index is -0.688. The second-order valence-corrected chi connectivity index (χ2v) is 8.31. The van der Waals surface area contributed by atoms with E-state index in [1.807, 2.05) is 60.7 Å². The lowest BCUT2D eigenvalue weighted by atomic mass is 9.94. The lowest BCUT2D eigenvalue weighted by Crippen LogP contribution is -2.32. The number of aliphatic hydroxyl groups excluding tert-OH is 1. The highest BCUT2D eigenvalue weighted by molar-refractivity contribution is 6.46. The zero-order valence-corrected chi connectivity index (χ0v) is 19.8. The molecule has 0 aromatic heterocycles. The number of benzene rings is 3. The van der Waals surface area contributed by atoms with E-state index in [2.05, 4.69) is 18.7 Å². The number of anilines is 1. The number of hydrogen-bond acceptors (Lipinski definition) is 5. The second kappa shape index (κ2) is 10.1. The Labute approximate surface area is 200 Å². The number of ether oxygens (including phenoxy) is 1. The van der Waals surface area contributed by atoms with Gasteiger partial charge in [-0.25, -0.2) is 0 Å². The highest BCUT2D eigenvalue weighted by Crippen LogP contribution is 2.40. The van der Waals surface area contributed by atoms with Gasteiger partial charge in [0.05, 0.1) is 18.2 Å². The van der Waals surface area contributed by atoms with Crippen LogP contribution in [0.1, 0.15) is 31.0 Å². The van der Waals surface area contributed by atoms with Crippen LogP contribution in [0.3, 0.4) is 0 Å². The normalized spacial score (nSPS) is 17.5. The number of nitrogens with zero attached hydrogens (tertiary/aromatic N) is 2. The van der Waals surface area contributed by atoms with Gasteiger partial charge in [-0.05, 0) is 48.4 Å². The van der Waals surface area contributed by atoms with E-state index in [0.717, 1.165) is 35.1 Å². The van der Waals surface area contributed by atoms with Crippen molar-refractivity contribution in [2.24, 2.45) is 0 Å². The minimum Gasteiger partial charge on any atom is -0.507 e. The van der Waals surface area contributed by atoms with Crippen LogP contribution >= 0.6 is 0 Å². The van der Waals surface area contributed by atoms with Crippen molar-refractivity contribution in [2.75, 3.05) is 38.3 Å². The van der Waals surface area contributed by atoms with Crippen molar-refractivity contribution >= 4 is 33.9 Å². The van der Waals surface area contributed by atoms with E-state index in [0.29, 0.717) is 5.56 Å². The fourth-order valence-corrected chi connectivity index (χ4v) is 4.60. The lowest BCUT2D eigenvalue weighted by molar-refractivity contribution is -0.140. The van der Waals surface area contributed by atoms with Crippen molar-refractivity contribution in [3.8, 4) is 0 Å². The van der Waals surface area contributed by atoms with Gasteiger partial charge in [0.25, 0.3) is 11.7 Å². The number of hydrogen-bond donors (Lipinski definition) is 1. The topological polar surface area (TPSA) is 70.1 Å². The highest BCUT2D eigenvalue weighted by atomic mass is 16.5. The van der Waals surface area contributed by atoms with Gasteiger partial charge in [-0.1, -0.05) is 48.5 Å². The molecule has 3 aromatic rings. The van der Waals surface area contributed by atoms with E-state index >= 15 is 0 Å². The number of methoxy groups -OCH3 is 1. The SMILES string of the molecule is CCN(CC)c1ccc(C2/C(=C(/O)c3ccc4ccccc4c3)C(=O)C(=O)N2CCOC)cc1. The molecule has 1 fully saturated rings.